The molecule has 0 aliphatic carbocycles. The fraction of sp³-hybridized carbons (Fsp3) is 0.600. The normalized spacial score (nSPS) is 19.6. The number of hydrogen-bond acceptors (Lipinski definition) is 8. The predicted octanol–water partition coefficient (Wildman–Crippen LogP) is 2.32. The molecule has 33 heavy (non-hydrogen) atoms. The molecular weight excluding hydrogens is 464 g/mol. The van der Waals surface area contributed by atoms with Gasteiger partial charge in [0.2, 0.25) is 0 Å². The van der Waals surface area contributed by atoms with Crippen LogP contribution in [0.2, 0.25) is 0 Å². The lowest BCUT2D eigenvalue weighted by Crippen LogP contribution is -2.50. The first kappa shape index (κ1) is 25.0. The summed E-state index contributed by atoms with van der Waals surface area (Å²) in [5.41, 5.74) is -1.05. The molecule has 2 aliphatic heterocycles. The highest BCUT2D eigenvalue weighted by molar-refractivity contribution is 7.85. The summed E-state index contributed by atoms with van der Waals surface area (Å²) in [6.07, 6.45) is -0.506. The van der Waals surface area contributed by atoms with E-state index < -0.39 is 52.2 Å². The first-order chi connectivity index (χ1) is 15.2. The number of amides is 2. The highest BCUT2D eigenvalue weighted by atomic mass is 32.2. The molecule has 0 bridgehead atoms. The van der Waals surface area contributed by atoms with E-state index in [-0.39, 0.29) is 44.2 Å². The summed E-state index contributed by atoms with van der Waals surface area (Å²) in [6, 6.07) is 1.10. The second-order valence-electron chi connectivity index (χ2n) is 8.80. The molecule has 0 radical (unpaired) electrons. The van der Waals surface area contributed by atoms with Crippen molar-refractivity contribution in [1.29, 1.82) is 0 Å². The van der Waals surface area contributed by atoms with E-state index >= 15 is 0 Å². The van der Waals surface area contributed by atoms with Gasteiger partial charge in [-0.2, -0.15) is 8.42 Å². The van der Waals surface area contributed by atoms with Crippen molar-refractivity contribution in [2.75, 3.05) is 55.4 Å². The maximum absolute atomic E-state index is 15.0. The van der Waals surface area contributed by atoms with E-state index in [1.54, 1.807) is 20.8 Å². The lowest BCUT2D eigenvalue weighted by Gasteiger charge is -2.37. The van der Waals surface area contributed by atoms with Crippen LogP contribution in [0.5, 0.6) is 0 Å². The number of carbonyl (C=O) groups is 2. The fourth-order valence-corrected chi connectivity index (χ4v) is 3.94. The van der Waals surface area contributed by atoms with Gasteiger partial charge >= 0.3 is 12.2 Å². The fourth-order valence-electron chi connectivity index (χ4n) is 3.53. The van der Waals surface area contributed by atoms with Crippen LogP contribution in [0.25, 0.3) is 0 Å². The van der Waals surface area contributed by atoms with Crippen LogP contribution in [-0.4, -0.2) is 82.8 Å². The van der Waals surface area contributed by atoms with E-state index in [9.17, 15) is 26.8 Å². The second-order valence-corrected chi connectivity index (χ2v) is 10.4. The van der Waals surface area contributed by atoms with Gasteiger partial charge in [-0.1, -0.05) is 0 Å². The zero-order valence-electron chi connectivity index (χ0n) is 18.8. The molecule has 1 unspecified atom stereocenters. The Morgan fingerprint density at radius 3 is 2.24 bits per heavy atom. The summed E-state index contributed by atoms with van der Waals surface area (Å²) < 4.78 is 67.4. The first-order valence-corrected chi connectivity index (χ1v) is 12.1. The van der Waals surface area contributed by atoms with Crippen LogP contribution in [0.1, 0.15) is 20.8 Å². The average molecular weight is 492 g/mol. The molecule has 10 nitrogen and oxygen atoms in total. The van der Waals surface area contributed by atoms with Crippen molar-refractivity contribution in [1.82, 2.24) is 4.90 Å². The maximum Gasteiger partial charge on any atom is 0.414 e. The average Bonchev–Trinajstić information content (AvgIpc) is 3.05. The molecule has 1 aromatic carbocycles. The van der Waals surface area contributed by atoms with Crippen LogP contribution in [0.4, 0.5) is 29.7 Å². The van der Waals surface area contributed by atoms with Crippen LogP contribution in [0.15, 0.2) is 12.1 Å². The minimum atomic E-state index is -3.78. The molecule has 0 aromatic heterocycles. The molecule has 2 fully saturated rings. The van der Waals surface area contributed by atoms with Crippen LogP contribution in [0, 0.1) is 11.6 Å². The Morgan fingerprint density at radius 1 is 1.15 bits per heavy atom. The van der Waals surface area contributed by atoms with E-state index in [1.165, 1.54) is 9.80 Å². The van der Waals surface area contributed by atoms with Crippen molar-refractivity contribution < 1.29 is 40.4 Å². The molecular formula is C20H27F2N3O7S. The number of halogens is 2. The Balaban J connectivity index is 1.73. The maximum atomic E-state index is 15.0. The van der Waals surface area contributed by atoms with E-state index in [1.807, 2.05) is 0 Å². The summed E-state index contributed by atoms with van der Waals surface area (Å²) in [5.74, 6) is -1.81. The van der Waals surface area contributed by atoms with Crippen LogP contribution < -0.4 is 9.80 Å². The van der Waals surface area contributed by atoms with E-state index in [2.05, 4.69) is 0 Å². The molecule has 13 heteroatoms. The van der Waals surface area contributed by atoms with Crippen LogP contribution in [0.3, 0.4) is 0 Å². The van der Waals surface area contributed by atoms with Crippen LogP contribution >= 0.6 is 0 Å². The zero-order chi connectivity index (χ0) is 24.6. The van der Waals surface area contributed by atoms with Crippen molar-refractivity contribution in [3.8, 4) is 0 Å². The highest BCUT2D eigenvalue weighted by Crippen LogP contribution is 2.32. The van der Waals surface area contributed by atoms with Gasteiger partial charge in [0.15, 0.2) is 11.6 Å². The molecule has 0 saturated carbocycles. The summed E-state index contributed by atoms with van der Waals surface area (Å²) in [4.78, 5) is 28.2. The number of hydrogen-bond donors (Lipinski definition) is 0. The van der Waals surface area contributed by atoms with E-state index in [4.69, 9.17) is 13.7 Å². The van der Waals surface area contributed by atoms with Gasteiger partial charge in [-0.3, -0.25) is 9.08 Å². The third-order valence-electron chi connectivity index (χ3n) is 4.96. The molecule has 2 amide bonds. The Labute approximate surface area is 191 Å². The number of rotatable bonds is 5. The number of ether oxygens (including phenoxy) is 2. The van der Waals surface area contributed by atoms with Crippen molar-refractivity contribution in [2.45, 2.75) is 32.4 Å². The number of piperazine rings is 1. The third-order valence-corrected chi connectivity index (χ3v) is 5.53. The van der Waals surface area contributed by atoms with E-state index in [0.29, 0.717) is 0 Å². The lowest BCUT2D eigenvalue weighted by atomic mass is 10.1. The lowest BCUT2D eigenvalue weighted by molar-refractivity contribution is 0.0240. The molecule has 0 N–H and O–H groups in total. The van der Waals surface area contributed by atoms with Gasteiger partial charge in [0, 0.05) is 38.3 Å². The largest absolute Gasteiger partial charge is 0.447 e. The topological polar surface area (TPSA) is 106 Å². The third kappa shape index (κ3) is 6.22. The summed E-state index contributed by atoms with van der Waals surface area (Å²) >= 11 is 0. The van der Waals surface area contributed by atoms with Gasteiger partial charge in [-0.15, -0.1) is 0 Å². The number of carbonyl (C=O) groups excluding carboxylic acids is 2. The van der Waals surface area contributed by atoms with Crippen molar-refractivity contribution in [2.24, 2.45) is 0 Å². The van der Waals surface area contributed by atoms with E-state index in [0.717, 1.165) is 23.3 Å². The molecule has 184 valence electrons. The minimum absolute atomic E-state index is 0.120. The Bertz CT molecular complexity index is 998. The first-order valence-electron chi connectivity index (χ1n) is 10.3. The van der Waals surface area contributed by atoms with Crippen molar-refractivity contribution in [3.05, 3.63) is 23.8 Å². The molecule has 1 atom stereocenters. The molecule has 0 spiro atoms. The molecule has 2 aliphatic rings. The molecule has 3 rings (SSSR count). The SMILES string of the molecule is CC(C)(C)OC(=O)N1CCN(c2c(F)cc(N3C(=O)OCC3COS(C)(=O)=O)cc2F)CC1. The molecule has 2 heterocycles. The highest BCUT2D eigenvalue weighted by Gasteiger charge is 2.37. The predicted molar refractivity (Wildman–Crippen MR) is 115 cm³/mol. The summed E-state index contributed by atoms with van der Waals surface area (Å²) in [5, 5.41) is 0. The van der Waals surface area contributed by atoms with Crippen molar-refractivity contribution in [3.63, 3.8) is 0 Å². The number of nitrogens with zero attached hydrogens (tertiary/aromatic N) is 3. The van der Waals surface area contributed by atoms with Gasteiger partial charge < -0.3 is 19.3 Å². The minimum Gasteiger partial charge on any atom is -0.447 e. The summed E-state index contributed by atoms with van der Waals surface area (Å²) in [7, 11) is -3.78. The molecule has 2 saturated heterocycles. The second kappa shape index (κ2) is 9.29. The number of benzene rings is 1. The monoisotopic (exact) mass is 491 g/mol. The quantitative estimate of drug-likeness (QED) is 0.578. The van der Waals surface area contributed by atoms with Gasteiger partial charge in [0.05, 0.1) is 24.6 Å². The van der Waals surface area contributed by atoms with Gasteiger partial charge in [0.25, 0.3) is 10.1 Å². The smallest absolute Gasteiger partial charge is 0.414 e. The summed E-state index contributed by atoms with van der Waals surface area (Å²) in [6.45, 7) is 5.46. The molecule has 1 aromatic rings. The van der Waals surface area contributed by atoms with Gasteiger partial charge in [-0.05, 0) is 20.8 Å². The van der Waals surface area contributed by atoms with Gasteiger partial charge in [0.1, 0.15) is 17.9 Å². The number of anilines is 2. The van der Waals surface area contributed by atoms with Crippen LogP contribution in [-0.2, 0) is 23.8 Å². The zero-order valence-corrected chi connectivity index (χ0v) is 19.7. The Kier molecular flexibility index (Phi) is 7.03. The van der Waals surface area contributed by atoms with Crippen molar-refractivity contribution >= 4 is 33.7 Å². The standard InChI is InChI=1S/C20H27F2N3O7S/c1-20(2,3)32-18(26)24-7-5-23(6-8-24)17-15(21)9-13(10-16(17)22)25-14(11-30-19(25)27)12-31-33(4,28)29/h9-10,14H,5-8,11-12H2,1-4H3. The van der Waals surface area contributed by atoms with Gasteiger partial charge in [-0.25, -0.2) is 18.4 Å². The Morgan fingerprint density at radius 2 is 1.73 bits per heavy atom. The number of cyclic esters (lactones) is 1. The Hall–Kier alpha value is -2.67.